The third-order valence-corrected chi connectivity index (χ3v) is 11.2. The van der Waals surface area contributed by atoms with E-state index in [-0.39, 0.29) is 34.0 Å². The molecule has 12 heteroatoms. The summed E-state index contributed by atoms with van der Waals surface area (Å²) in [7, 11) is 0.513. The number of isocyanates is 1. The number of fused-ring (bicyclic) bond motifs is 1. The van der Waals surface area contributed by atoms with Gasteiger partial charge in [0.1, 0.15) is 27.8 Å². The molecule has 2 heterocycles. The molecule has 0 unspecified atom stereocenters. The van der Waals surface area contributed by atoms with E-state index in [1.165, 1.54) is 23.9 Å². The first-order chi connectivity index (χ1) is 20.8. The maximum absolute atomic E-state index is 14.4. The number of carbonyl (C=O) groups excluding carboxylic acids is 2. The predicted octanol–water partition coefficient (Wildman–Crippen LogP) is 5.92. The Morgan fingerprint density at radius 1 is 1.07 bits per heavy atom. The Balaban J connectivity index is 1.74. The summed E-state index contributed by atoms with van der Waals surface area (Å²) in [5, 5.41) is 0. The van der Waals surface area contributed by atoms with Crippen molar-refractivity contribution in [1.29, 1.82) is 0 Å². The SMILES string of the molecule is COCCOc1cc2c(cc1-c1cc(N=C=O)c(C(=O)OC)s1)S(=O)(=O)N(C)[C@H](C1CCCCC1)CN2c1ccccc1. The van der Waals surface area contributed by atoms with Gasteiger partial charge in [-0.05, 0) is 43.0 Å². The number of sulfonamides is 1. The molecule has 43 heavy (non-hydrogen) atoms. The predicted molar refractivity (Wildman–Crippen MR) is 165 cm³/mol. The largest absolute Gasteiger partial charge is 0.490 e. The highest BCUT2D eigenvalue weighted by Gasteiger charge is 2.41. The van der Waals surface area contributed by atoms with Crippen LogP contribution in [0.1, 0.15) is 41.8 Å². The smallest absolute Gasteiger partial charge is 0.350 e. The van der Waals surface area contributed by atoms with Gasteiger partial charge >= 0.3 is 5.97 Å². The minimum Gasteiger partial charge on any atom is -0.490 e. The van der Waals surface area contributed by atoms with Crippen molar-refractivity contribution in [2.75, 3.05) is 45.9 Å². The molecule has 228 valence electrons. The number of likely N-dealkylation sites (N-methyl/N-ethyl adjacent to an activating group) is 1. The zero-order valence-electron chi connectivity index (χ0n) is 24.4. The van der Waals surface area contributed by atoms with E-state index in [2.05, 4.69) is 9.89 Å². The number of esters is 1. The average molecular weight is 626 g/mol. The highest BCUT2D eigenvalue weighted by molar-refractivity contribution is 7.89. The van der Waals surface area contributed by atoms with Gasteiger partial charge in [0.2, 0.25) is 16.1 Å². The van der Waals surface area contributed by atoms with Crippen LogP contribution < -0.4 is 9.64 Å². The summed E-state index contributed by atoms with van der Waals surface area (Å²) in [4.78, 5) is 30.1. The van der Waals surface area contributed by atoms with E-state index < -0.39 is 16.0 Å². The normalized spacial score (nSPS) is 18.8. The standard InChI is InChI=1S/C31H35N3O7S2/c1-33-26(21-10-6-4-7-11-21)19-34(22-12-8-5-9-13-22)25-18-27(41-15-14-39-2)23(16-29(25)43(33,37)38)28-17-24(32-20-35)30(42-28)31(36)40-3/h5,8-9,12-13,16-18,21,26H,4,6-7,10-11,14-15,19H2,1-3H3/t26-/m0/s1. The molecule has 5 rings (SSSR count). The highest BCUT2D eigenvalue weighted by atomic mass is 32.2. The van der Waals surface area contributed by atoms with E-state index in [4.69, 9.17) is 14.2 Å². The molecule has 0 amide bonds. The topological polar surface area (TPSA) is 115 Å². The van der Waals surface area contributed by atoms with Gasteiger partial charge in [-0.2, -0.15) is 9.30 Å². The fourth-order valence-electron chi connectivity index (χ4n) is 5.95. The molecular weight excluding hydrogens is 590 g/mol. The first-order valence-electron chi connectivity index (χ1n) is 14.2. The summed E-state index contributed by atoms with van der Waals surface area (Å²) in [5.41, 5.74) is 1.90. The van der Waals surface area contributed by atoms with Crippen molar-refractivity contribution in [1.82, 2.24) is 4.31 Å². The molecule has 1 aliphatic carbocycles. The van der Waals surface area contributed by atoms with Crippen LogP contribution in [-0.4, -0.2) is 71.8 Å². The quantitative estimate of drug-likeness (QED) is 0.125. The second-order valence-electron chi connectivity index (χ2n) is 10.6. The molecule has 1 saturated carbocycles. The van der Waals surface area contributed by atoms with Crippen molar-refractivity contribution in [2.24, 2.45) is 10.9 Å². The molecule has 10 nitrogen and oxygen atoms in total. The molecule has 0 radical (unpaired) electrons. The van der Waals surface area contributed by atoms with Gasteiger partial charge in [0.05, 0.1) is 19.4 Å². The summed E-state index contributed by atoms with van der Waals surface area (Å²) < 4.78 is 46.7. The lowest BCUT2D eigenvalue weighted by Crippen LogP contribution is -2.46. The number of thiophene rings is 1. The van der Waals surface area contributed by atoms with Crippen LogP contribution in [0.5, 0.6) is 5.75 Å². The van der Waals surface area contributed by atoms with E-state index >= 15 is 0 Å². The monoisotopic (exact) mass is 625 g/mol. The number of anilines is 2. The molecule has 1 fully saturated rings. The fourth-order valence-corrected chi connectivity index (χ4v) is 8.59. The minimum absolute atomic E-state index is 0.0860. The van der Waals surface area contributed by atoms with Crippen molar-refractivity contribution in [3.63, 3.8) is 0 Å². The van der Waals surface area contributed by atoms with Crippen LogP contribution >= 0.6 is 11.3 Å². The van der Waals surface area contributed by atoms with Crippen molar-refractivity contribution < 1.29 is 32.2 Å². The number of hydrogen-bond donors (Lipinski definition) is 0. The number of methoxy groups -OCH3 is 2. The molecule has 3 aromatic rings. The number of benzene rings is 2. The Morgan fingerprint density at radius 3 is 2.49 bits per heavy atom. The maximum Gasteiger partial charge on any atom is 0.350 e. The van der Waals surface area contributed by atoms with Crippen molar-refractivity contribution in [3.8, 4) is 16.2 Å². The summed E-state index contributed by atoms with van der Waals surface area (Å²) in [6.07, 6.45) is 6.77. The number of aliphatic imine (C=N–C) groups is 1. The van der Waals surface area contributed by atoms with Gasteiger partial charge in [-0.3, -0.25) is 0 Å². The first-order valence-corrected chi connectivity index (χ1v) is 16.5. The van der Waals surface area contributed by atoms with Crippen LogP contribution in [0.15, 0.2) is 58.4 Å². The Kier molecular flexibility index (Phi) is 9.63. The molecule has 2 aromatic carbocycles. The fraction of sp³-hybridized carbons (Fsp3) is 0.419. The number of nitrogens with zero attached hydrogens (tertiary/aromatic N) is 3. The van der Waals surface area contributed by atoms with Gasteiger partial charge in [-0.15, -0.1) is 11.3 Å². The third kappa shape index (κ3) is 6.25. The lowest BCUT2D eigenvalue weighted by Gasteiger charge is -2.36. The minimum atomic E-state index is -3.96. The van der Waals surface area contributed by atoms with Gasteiger partial charge in [0.15, 0.2) is 0 Å². The molecule has 2 aliphatic rings. The number of rotatable bonds is 9. The van der Waals surface area contributed by atoms with E-state index in [9.17, 15) is 18.0 Å². The number of carbonyl (C=O) groups is 1. The van der Waals surface area contributed by atoms with Crippen molar-refractivity contribution in [3.05, 3.63) is 53.4 Å². The second kappa shape index (κ2) is 13.4. The summed E-state index contributed by atoms with van der Waals surface area (Å²) in [6, 6.07) is 14.4. The van der Waals surface area contributed by atoms with Crippen LogP contribution in [0.3, 0.4) is 0 Å². The molecule has 1 aromatic heterocycles. The van der Waals surface area contributed by atoms with Crippen LogP contribution in [0.25, 0.3) is 10.4 Å². The number of ether oxygens (including phenoxy) is 3. The second-order valence-corrected chi connectivity index (χ2v) is 13.6. The number of para-hydroxylation sites is 1. The Labute approximate surface area is 255 Å². The maximum atomic E-state index is 14.4. The van der Waals surface area contributed by atoms with Crippen molar-refractivity contribution >= 4 is 50.5 Å². The zero-order valence-corrected chi connectivity index (χ0v) is 26.1. The Bertz CT molecular complexity index is 1610. The number of hydrogen-bond acceptors (Lipinski definition) is 10. The van der Waals surface area contributed by atoms with E-state index in [0.29, 0.717) is 35.0 Å². The first kappa shape index (κ1) is 30.9. The third-order valence-electron chi connectivity index (χ3n) is 8.17. The van der Waals surface area contributed by atoms with E-state index in [1.807, 2.05) is 30.3 Å². The summed E-state index contributed by atoms with van der Waals surface area (Å²) >= 11 is 1.04. The zero-order chi connectivity index (χ0) is 30.6. The van der Waals surface area contributed by atoms with Gasteiger partial charge in [-0.25, -0.2) is 18.0 Å². The van der Waals surface area contributed by atoms with Crippen LogP contribution in [-0.2, 0) is 24.3 Å². The lowest BCUT2D eigenvalue weighted by atomic mass is 9.83. The van der Waals surface area contributed by atoms with Gasteiger partial charge < -0.3 is 19.1 Å². The van der Waals surface area contributed by atoms with E-state index in [0.717, 1.165) is 42.7 Å². The lowest BCUT2D eigenvalue weighted by molar-refractivity contribution is 0.0607. The van der Waals surface area contributed by atoms with Gasteiger partial charge in [0.25, 0.3) is 0 Å². The van der Waals surface area contributed by atoms with Crippen LogP contribution in [0, 0.1) is 5.92 Å². The average Bonchev–Trinajstić information content (AvgIpc) is 3.42. The molecule has 0 spiro atoms. The van der Waals surface area contributed by atoms with Gasteiger partial charge in [-0.1, -0.05) is 37.5 Å². The Hall–Kier alpha value is -3.54. The molecule has 0 N–H and O–H groups in total. The molecular formula is C31H35N3O7S2. The highest BCUT2D eigenvalue weighted by Crippen LogP contribution is 2.48. The molecule has 0 saturated heterocycles. The van der Waals surface area contributed by atoms with E-state index in [1.54, 1.807) is 32.4 Å². The van der Waals surface area contributed by atoms with Crippen molar-refractivity contribution in [2.45, 2.75) is 43.0 Å². The molecule has 0 bridgehead atoms. The van der Waals surface area contributed by atoms with Crippen LogP contribution in [0.2, 0.25) is 0 Å². The molecule has 1 aliphatic heterocycles. The van der Waals surface area contributed by atoms with Crippen LogP contribution in [0.4, 0.5) is 17.1 Å². The molecule has 1 atom stereocenters. The Morgan fingerprint density at radius 2 is 1.81 bits per heavy atom. The summed E-state index contributed by atoms with van der Waals surface area (Å²) in [6.45, 7) is 1.000. The van der Waals surface area contributed by atoms with Gasteiger partial charge in [0, 0.05) is 48.9 Å². The summed E-state index contributed by atoms with van der Waals surface area (Å²) in [5.74, 6) is -0.0283.